The van der Waals surface area contributed by atoms with Crippen LogP contribution in [0.5, 0.6) is 0 Å². The van der Waals surface area contributed by atoms with Gasteiger partial charge < -0.3 is 10.6 Å². The van der Waals surface area contributed by atoms with Crippen LogP contribution in [0.1, 0.15) is 22.8 Å². The van der Waals surface area contributed by atoms with E-state index in [0.29, 0.717) is 16.3 Å². The zero-order valence-electron chi connectivity index (χ0n) is 15.2. The molecule has 0 radical (unpaired) electrons. The van der Waals surface area contributed by atoms with E-state index >= 15 is 0 Å². The predicted molar refractivity (Wildman–Crippen MR) is 107 cm³/mol. The minimum absolute atomic E-state index is 0.134. The summed E-state index contributed by atoms with van der Waals surface area (Å²) in [4.78, 5) is 16.9. The van der Waals surface area contributed by atoms with Crippen molar-refractivity contribution in [1.82, 2.24) is 9.80 Å². The van der Waals surface area contributed by atoms with Gasteiger partial charge in [-0.05, 0) is 42.8 Å². The van der Waals surface area contributed by atoms with Gasteiger partial charge in [0, 0.05) is 60.8 Å². The summed E-state index contributed by atoms with van der Waals surface area (Å²) in [6.07, 6.45) is 3.40. The molecule has 6 heteroatoms. The first-order valence-corrected chi connectivity index (χ1v) is 9.30. The SMILES string of the molecule is C[C@@H]1CN(Cc2ccc(F)cc2)CCN1C=CC(=O)c1ccc(Cl)cc1N. The van der Waals surface area contributed by atoms with Gasteiger partial charge in [0.1, 0.15) is 5.82 Å². The lowest BCUT2D eigenvalue weighted by atomic mass is 10.1. The fraction of sp³-hybridized carbons (Fsp3) is 0.286. The van der Waals surface area contributed by atoms with Crippen LogP contribution in [0.2, 0.25) is 5.02 Å². The van der Waals surface area contributed by atoms with E-state index in [9.17, 15) is 9.18 Å². The van der Waals surface area contributed by atoms with Gasteiger partial charge in [0.15, 0.2) is 5.78 Å². The van der Waals surface area contributed by atoms with Crippen LogP contribution in [0, 0.1) is 5.82 Å². The molecule has 142 valence electrons. The van der Waals surface area contributed by atoms with Gasteiger partial charge in [-0.2, -0.15) is 0 Å². The third kappa shape index (κ3) is 5.08. The van der Waals surface area contributed by atoms with Crippen LogP contribution in [0.25, 0.3) is 0 Å². The number of nitrogens with two attached hydrogens (primary N) is 1. The van der Waals surface area contributed by atoms with E-state index in [1.807, 2.05) is 18.3 Å². The lowest BCUT2D eigenvalue weighted by Gasteiger charge is -2.39. The van der Waals surface area contributed by atoms with Crippen LogP contribution in [0.3, 0.4) is 0 Å². The molecule has 4 nitrogen and oxygen atoms in total. The molecule has 27 heavy (non-hydrogen) atoms. The molecule has 3 rings (SSSR count). The normalized spacial score (nSPS) is 18.2. The highest BCUT2D eigenvalue weighted by Crippen LogP contribution is 2.19. The van der Waals surface area contributed by atoms with Gasteiger partial charge in [-0.1, -0.05) is 23.7 Å². The fourth-order valence-corrected chi connectivity index (χ4v) is 3.45. The average Bonchev–Trinajstić information content (AvgIpc) is 2.63. The Kier molecular flexibility index (Phi) is 6.14. The van der Waals surface area contributed by atoms with E-state index in [4.69, 9.17) is 17.3 Å². The maximum atomic E-state index is 13.0. The van der Waals surface area contributed by atoms with Gasteiger partial charge in [-0.25, -0.2) is 4.39 Å². The molecule has 1 heterocycles. The molecule has 1 saturated heterocycles. The Morgan fingerprint density at radius 1 is 1.26 bits per heavy atom. The monoisotopic (exact) mass is 387 g/mol. The molecule has 0 spiro atoms. The Bertz CT molecular complexity index is 838. The van der Waals surface area contributed by atoms with E-state index in [1.54, 1.807) is 24.3 Å². The van der Waals surface area contributed by atoms with Crippen LogP contribution in [-0.4, -0.2) is 41.3 Å². The third-order valence-electron chi connectivity index (χ3n) is 4.78. The summed E-state index contributed by atoms with van der Waals surface area (Å²) in [5, 5.41) is 0.513. The molecule has 0 amide bonds. The Hall–Kier alpha value is -2.37. The van der Waals surface area contributed by atoms with Crippen LogP contribution in [-0.2, 0) is 6.54 Å². The molecule has 2 N–H and O–H groups in total. The van der Waals surface area contributed by atoms with Crippen molar-refractivity contribution in [1.29, 1.82) is 0 Å². The lowest BCUT2D eigenvalue weighted by Crippen LogP contribution is -2.49. The van der Waals surface area contributed by atoms with Crippen molar-refractivity contribution in [3.63, 3.8) is 0 Å². The summed E-state index contributed by atoms with van der Waals surface area (Å²) < 4.78 is 13.0. The van der Waals surface area contributed by atoms with E-state index in [2.05, 4.69) is 16.7 Å². The highest BCUT2D eigenvalue weighted by molar-refractivity contribution is 6.31. The number of allylic oxidation sites excluding steroid dienone is 1. The lowest BCUT2D eigenvalue weighted by molar-refractivity contribution is 0.103. The standard InChI is InChI=1S/C21H23ClFN3O/c1-15-13-25(14-16-2-5-18(23)6-3-16)10-11-26(15)9-8-21(27)19-7-4-17(22)12-20(19)24/h2-9,12,15H,10-11,13-14,24H2,1H3/t15-/m1/s1. The summed E-state index contributed by atoms with van der Waals surface area (Å²) in [5.41, 5.74) is 7.81. The number of ketones is 1. The number of nitrogens with zero attached hydrogens (tertiary/aromatic N) is 2. The second-order valence-corrected chi connectivity index (χ2v) is 7.30. The number of benzene rings is 2. The van der Waals surface area contributed by atoms with Crippen LogP contribution in [0.15, 0.2) is 54.7 Å². The number of piperazine rings is 1. The molecule has 2 aromatic carbocycles. The highest BCUT2D eigenvalue weighted by atomic mass is 35.5. The minimum Gasteiger partial charge on any atom is -0.398 e. The number of hydrogen-bond donors (Lipinski definition) is 1. The average molecular weight is 388 g/mol. The highest BCUT2D eigenvalue weighted by Gasteiger charge is 2.21. The molecular formula is C21H23ClFN3O. The number of hydrogen-bond acceptors (Lipinski definition) is 4. The van der Waals surface area contributed by atoms with E-state index < -0.39 is 0 Å². The molecule has 1 aliphatic heterocycles. The first kappa shape index (κ1) is 19.4. The minimum atomic E-state index is -0.215. The van der Waals surface area contributed by atoms with Crippen LogP contribution < -0.4 is 5.73 Å². The van der Waals surface area contributed by atoms with Crippen LogP contribution in [0.4, 0.5) is 10.1 Å². The smallest absolute Gasteiger partial charge is 0.189 e. The Labute approximate surface area is 164 Å². The molecule has 1 atom stereocenters. The first-order valence-electron chi connectivity index (χ1n) is 8.92. The number of carbonyl (C=O) groups is 1. The van der Waals surface area contributed by atoms with Gasteiger partial charge in [0.2, 0.25) is 0 Å². The second kappa shape index (κ2) is 8.55. The topological polar surface area (TPSA) is 49.6 Å². The van der Waals surface area contributed by atoms with E-state index in [0.717, 1.165) is 31.7 Å². The van der Waals surface area contributed by atoms with Gasteiger partial charge in [-0.15, -0.1) is 0 Å². The maximum absolute atomic E-state index is 13.0. The fourth-order valence-electron chi connectivity index (χ4n) is 3.27. The van der Waals surface area contributed by atoms with Crippen molar-refractivity contribution >= 4 is 23.1 Å². The Morgan fingerprint density at radius 3 is 2.67 bits per heavy atom. The van der Waals surface area contributed by atoms with Crippen molar-refractivity contribution in [3.8, 4) is 0 Å². The maximum Gasteiger partial charge on any atom is 0.189 e. The second-order valence-electron chi connectivity index (χ2n) is 6.86. The largest absolute Gasteiger partial charge is 0.398 e. The number of anilines is 1. The summed E-state index contributed by atoms with van der Waals surface area (Å²) in [6, 6.07) is 11.8. The van der Waals surface area contributed by atoms with E-state index in [1.165, 1.54) is 12.1 Å². The first-order chi connectivity index (χ1) is 12.9. The molecule has 1 fully saturated rings. The molecule has 1 aliphatic rings. The Balaban J connectivity index is 1.57. The van der Waals surface area contributed by atoms with Crippen molar-refractivity contribution in [3.05, 3.63) is 76.7 Å². The number of rotatable bonds is 5. The van der Waals surface area contributed by atoms with Crippen molar-refractivity contribution < 1.29 is 9.18 Å². The predicted octanol–water partition coefficient (Wildman–Crippen LogP) is 3.96. The van der Waals surface area contributed by atoms with Crippen molar-refractivity contribution in [2.24, 2.45) is 0 Å². The zero-order valence-corrected chi connectivity index (χ0v) is 16.0. The van der Waals surface area contributed by atoms with Crippen molar-refractivity contribution in [2.75, 3.05) is 25.4 Å². The van der Waals surface area contributed by atoms with Gasteiger partial charge >= 0.3 is 0 Å². The molecular weight excluding hydrogens is 365 g/mol. The Morgan fingerprint density at radius 2 is 2.00 bits per heavy atom. The van der Waals surface area contributed by atoms with Gasteiger partial charge in [0.05, 0.1) is 0 Å². The number of carbonyl (C=O) groups excluding carboxylic acids is 1. The van der Waals surface area contributed by atoms with Crippen molar-refractivity contribution in [2.45, 2.75) is 19.5 Å². The van der Waals surface area contributed by atoms with Gasteiger partial charge in [-0.3, -0.25) is 9.69 Å². The van der Waals surface area contributed by atoms with E-state index in [-0.39, 0.29) is 17.6 Å². The van der Waals surface area contributed by atoms with Gasteiger partial charge in [0.25, 0.3) is 0 Å². The molecule has 0 aromatic heterocycles. The molecule has 0 unspecified atom stereocenters. The number of halogens is 2. The molecule has 0 bridgehead atoms. The molecule has 0 saturated carbocycles. The zero-order chi connectivity index (χ0) is 19.4. The summed E-state index contributed by atoms with van der Waals surface area (Å²) >= 11 is 5.88. The van der Waals surface area contributed by atoms with Crippen LogP contribution >= 0.6 is 11.6 Å². The third-order valence-corrected chi connectivity index (χ3v) is 5.01. The molecule has 0 aliphatic carbocycles. The summed E-state index contributed by atoms with van der Waals surface area (Å²) in [5.74, 6) is -0.349. The summed E-state index contributed by atoms with van der Waals surface area (Å²) in [6.45, 7) is 5.50. The quantitative estimate of drug-likeness (QED) is 0.479. The number of nitrogen functional groups attached to an aromatic ring is 1. The summed E-state index contributed by atoms with van der Waals surface area (Å²) in [7, 11) is 0. The molecule has 2 aromatic rings.